The third-order valence-corrected chi connectivity index (χ3v) is 5.19. The second kappa shape index (κ2) is 22.6. The minimum absolute atomic E-state index is 0. The molecule has 0 heterocycles. The number of halogens is 1. The molecule has 5 heteroatoms. The van der Waals surface area contributed by atoms with Crippen molar-refractivity contribution in [2.75, 3.05) is 27.7 Å². The molecule has 0 rings (SSSR count). The van der Waals surface area contributed by atoms with Crippen molar-refractivity contribution in [1.82, 2.24) is 0 Å². The molecule has 4 nitrogen and oxygen atoms in total. The molecule has 0 fully saturated rings. The quantitative estimate of drug-likeness (QED) is 0.248. The molecule has 1 atom stereocenters. The second-order valence-corrected chi connectivity index (χ2v) is 9.72. The summed E-state index contributed by atoms with van der Waals surface area (Å²) in [6, 6.07) is -0.713. The fourth-order valence-corrected chi connectivity index (χ4v) is 3.07. The van der Waals surface area contributed by atoms with E-state index in [4.69, 9.17) is 10.8 Å². The average molecular weight is 482 g/mol. The molecule has 0 spiro atoms. The van der Waals surface area contributed by atoms with E-state index in [-0.39, 0.29) is 22.9 Å². The topological polar surface area (TPSA) is 63.3 Å². The van der Waals surface area contributed by atoms with Crippen LogP contribution in [0.4, 0.5) is 0 Å². The normalized spacial score (nSPS) is 12.1. The Morgan fingerprint density at radius 1 is 0.759 bits per heavy atom. The first-order valence-electron chi connectivity index (χ1n) is 11.9. The zero-order valence-electron chi connectivity index (χ0n) is 20.5. The zero-order chi connectivity index (χ0) is 21.8. The van der Waals surface area contributed by atoms with Crippen LogP contribution in [0.15, 0.2) is 0 Å². The molecular weight excluding hydrogens is 428 g/mol. The number of unbranched alkanes of at least 4 members (excludes halogenated alkanes) is 13. The van der Waals surface area contributed by atoms with Crippen LogP contribution in [-0.4, -0.2) is 49.3 Å². The van der Waals surface area contributed by atoms with Crippen LogP contribution in [0.5, 0.6) is 0 Å². The van der Waals surface area contributed by atoms with E-state index >= 15 is 0 Å². The molecule has 0 unspecified atom stereocenters. The first-order valence-corrected chi connectivity index (χ1v) is 11.9. The Bertz CT molecular complexity index is 344. The van der Waals surface area contributed by atoms with E-state index in [2.05, 4.69) is 28.1 Å². The van der Waals surface area contributed by atoms with E-state index in [1.54, 1.807) is 13.8 Å². The Balaban J connectivity index is -0.000000636. The Morgan fingerprint density at radius 2 is 1.07 bits per heavy atom. The number of nitrogens with zero attached hydrogens (tertiary/aromatic N) is 1. The first-order chi connectivity index (χ1) is 13.1. The summed E-state index contributed by atoms with van der Waals surface area (Å²) in [6.07, 6.45) is 20.4. The van der Waals surface area contributed by atoms with Gasteiger partial charge in [0.25, 0.3) is 0 Å². The molecule has 178 valence electrons. The van der Waals surface area contributed by atoms with Crippen LogP contribution in [-0.2, 0) is 4.79 Å². The maximum atomic E-state index is 10.0. The van der Waals surface area contributed by atoms with Crippen LogP contribution < -0.4 is 22.7 Å². The van der Waals surface area contributed by atoms with Gasteiger partial charge in [-0.2, -0.15) is 0 Å². The number of quaternary nitrogens is 1. The van der Waals surface area contributed by atoms with E-state index in [1.807, 2.05) is 0 Å². The van der Waals surface area contributed by atoms with Gasteiger partial charge in [-0.3, -0.25) is 4.79 Å². The molecule has 0 radical (unpaired) electrons. The van der Waals surface area contributed by atoms with E-state index < -0.39 is 12.0 Å². The predicted octanol–water partition coefficient (Wildman–Crippen LogP) is 3.23. The van der Waals surface area contributed by atoms with Crippen molar-refractivity contribution in [3.05, 3.63) is 0 Å². The van der Waals surface area contributed by atoms with E-state index in [9.17, 15) is 4.79 Å². The molecule has 0 aromatic rings. The lowest BCUT2D eigenvalue weighted by molar-refractivity contribution is -0.870. The SMILES string of the molecule is CC(C)[C@H](N)C(=O)O.CCCCCCCCCCCCCCCC[N+](C)(C)C.[Br-]. The molecule has 0 aliphatic heterocycles. The highest BCUT2D eigenvalue weighted by atomic mass is 79.9. The summed E-state index contributed by atoms with van der Waals surface area (Å²) in [4.78, 5) is 10.0. The number of hydrogen-bond acceptors (Lipinski definition) is 2. The van der Waals surface area contributed by atoms with Gasteiger partial charge in [0.05, 0.1) is 27.7 Å². The summed E-state index contributed by atoms with van der Waals surface area (Å²) in [5.74, 6) is -0.910. The van der Waals surface area contributed by atoms with Crippen molar-refractivity contribution < 1.29 is 31.4 Å². The van der Waals surface area contributed by atoms with Gasteiger partial charge in [-0.15, -0.1) is 0 Å². The smallest absolute Gasteiger partial charge is 0.320 e. The van der Waals surface area contributed by atoms with Crippen LogP contribution in [0.1, 0.15) is 111 Å². The molecule has 0 aliphatic carbocycles. The number of carboxylic acid groups (broad SMARTS) is 1. The van der Waals surface area contributed by atoms with Gasteiger partial charge < -0.3 is 32.3 Å². The number of aliphatic carboxylic acids is 1. The Kier molecular flexibility index (Phi) is 26.1. The van der Waals surface area contributed by atoms with Crippen molar-refractivity contribution in [3.63, 3.8) is 0 Å². The van der Waals surface area contributed by atoms with Gasteiger partial charge >= 0.3 is 5.97 Å². The number of nitrogens with two attached hydrogens (primary N) is 1. The summed E-state index contributed by atoms with van der Waals surface area (Å²) in [5, 5.41) is 8.23. The highest BCUT2D eigenvalue weighted by Gasteiger charge is 2.14. The number of rotatable bonds is 17. The Morgan fingerprint density at radius 3 is 1.28 bits per heavy atom. The van der Waals surface area contributed by atoms with Crippen molar-refractivity contribution in [2.24, 2.45) is 11.7 Å². The van der Waals surface area contributed by atoms with E-state index in [1.165, 1.54) is 96.4 Å². The third kappa shape index (κ3) is 30.2. The van der Waals surface area contributed by atoms with Crippen LogP contribution in [0.2, 0.25) is 0 Å². The predicted molar refractivity (Wildman–Crippen MR) is 124 cm³/mol. The standard InChI is InChI=1S/C19H42N.C5H11NO2.BrH/c1-5-6-7-8-9-10-11-12-13-14-15-16-17-18-19-20(2,3)4;1-3(2)4(6)5(7)8;/h5-19H2,1-4H3;3-4H,6H2,1-2H3,(H,7,8);1H/q+1;;/p-1/t;4-;/m.0./s1. The monoisotopic (exact) mass is 480 g/mol. The highest BCUT2D eigenvalue weighted by molar-refractivity contribution is 5.73. The second-order valence-electron chi connectivity index (χ2n) is 9.72. The summed E-state index contributed by atoms with van der Waals surface area (Å²) < 4.78 is 1.12. The van der Waals surface area contributed by atoms with Gasteiger partial charge in [-0.05, 0) is 18.8 Å². The molecule has 0 aromatic carbocycles. The highest BCUT2D eigenvalue weighted by Crippen LogP contribution is 2.13. The fraction of sp³-hybridized carbons (Fsp3) is 0.958. The van der Waals surface area contributed by atoms with Crippen molar-refractivity contribution >= 4 is 5.97 Å². The minimum atomic E-state index is -0.931. The summed E-state index contributed by atoms with van der Waals surface area (Å²) in [7, 11) is 6.88. The van der Waals surface area contributed by atoms with Crippen LogP contribution in [0.25, 0.3) is 0 Å². The lowest BCUT2D eigenvalue weighted by Crippen LogP contribution is -3.00. The van der Waals surface area contributed by atoms with Crippen molar-refractivity contribution in [3.8, 4) is 0 Å². The molecule has 0 saturated carbocycles. The van der Waals surface area contributed by atoms with Crippen LogP contribution in [0, 0.1) is 5.92 Å². The average Bonchev–Trinajstić information content (AvgIpc) is 2.60. The molecule has 3 N–H and O–H groups in total. The van der Waals surface area contributed by atoms with Gasteiger partial charge in [-0.25, -0.2) is 0 Å². The molecule has 29 heavy (non-hydrogen) atoms. The van der Waals surface area contributed by atoms with Gasteiger partial charge in [-0.1, -0.05) is 97.8 Å². The number of hydrogen-bond donors (Lipinski definition) is 2. The van der Waals surface area contributed by atoms with Crippen molar-refractivity contribution in [1.29, 1.82) is 0 Å². The van der Waals surface area contributed by atoms with Gasteiger partial charge in [0, 0.05) is 0 Å². The Hall–Kier alpha value is -0.130. The lowest BCUT2D eigenvalue weighted by Gasteiger charge is -2.23. The molecule has 0 aliphatic rings. The lowest BCUT2D eigenvalue weighted by atomic mass is 10.0. The third-order valence-electron chi connectivity index (χ3n) is 5.19. The van der Waals surface area contributed by atoms with E-state index in [0.717, 1.165) is 4.48 Å². The molecule has 0 aromatic heterocycles. The Labute approximate surface area is 193 Å². The van der Waals surface area contributed by atoms with Crippen LogP contribution >= 0.6 is 0 Å². The summed E-state index contributed by atoms with van der Waals surface area (Å²) >= 11 is 0. The van der Waals surface area contributed by atoms with Crippen molar-refractivity contribution in [2.45, 2.75) is 117 Å². The number of carbonyl (C=O) groups is 1. The zero-order valence-corrected chi connectivity index (χ0v) is 22.1. The van der Waals surface area contributed by atoms with E-state index in [0.29, 0.717) is 0 Å². The maximum absolute atomic E-state index is 10.0. The molecule has 0 bridgehead atoms. The fourth-order valence-electron chi connectivity index (χ4n) is 3.07. The summed E-state index contributed by atoms with van der Waals surface area (Å²) in [6.45, 7) is 7.18. The van der Waals surface area contributed by atoms with Gasteiger partial charge in [0.1, 0.15) is 6.04 Å². The number of carboxylic acids is 1. The summed E-state index contributed by atoms with van der Waals surface area (Å²) in [5.41, 5.74) is 5.16. The first kappa shape index (κ1) is 33.5. The maximum Gasteiger partial charge on any atom is 0.320 e. The molecule has 0 saturated heterocycles. The largest absolute Gasteiger partial charge is 1.00 e. The van der Waals surface area contributed by atoms with Gasteiger partial charge in [0.15, 0.2) is 0 Å². The van der Waals surface area contributed by atoms with Crippen LogP contribution in [0.3, 0.4) is 0 Å². The molecule has 0 amide bonds. The minimum Gasteiger partial charge on any atom is -1.00 e. The molecular formula is C24H53BrN2O2. The van der Waals surface area contributed by atoms with Gasteiger partial charge in [0.2, 0.25) is 0 Å².